The zero-order valence-electron chi connectivity index (χ0n) is 23.6. The van der Waals surface area contributed by atoms with E-state index in [4.69, 9.17) is 23.7 Å². The van der Waals surface area contributed by atoms with Crippen molar-refractivity contribution < 1.29 is 48.9 Å². The van der Waals surface area contributed by atoms with E-state index in [1.54, 1.807) is 36.4 Å². The summed E-state index contributed by atoms with van der Waals surface area (Å²) in [6.45, 7) is -1.49. The number of ether oxygens (including phenoxy) is 5. The van der Waals surface area contributed by atoms with Gasteiger partial charge in [-0.15, -0.1) is 0 Å². The monoisotopic (exact) mass is 566 g/mol. The van der Waals surface area contributed by atoms with Crippen molar-refractivity contribution in [1.29, 1.82) is 0 Å². The van der Waals surface area contributed by atoms with E-state index in [9.17, 15) is 25.2 Å². The maximum Gasteiger partial charge on any atom is 0.190 e. The molecule has 0 radical (unpaired) electrons. The first kappa shape index (κ1) is 29.9. The fourth-order valence-corrected chi connectivity index (χ4v) is 5.48. The Balaban J connectivity index is 2.11. The van der Waals surface area contributed by atoms with E-state index in [-0.39, 0.29) is 24.7 Å². The van der Waals surface area contributed by atoms with Crippen LogP contribution in [0.15, 0.2) is 35.9 Å². The minimum absolute atomic E-state index is 0.272. The van der Waals surface area contributed by atoms with Crippen molar-refractivity contribution in [3.63, 3.8) is 0 Å². The van der Waals surface area contributed by atoms with Crippen molar-refractivity contribution in [2.75, 3.05) is 35.5 Å². The predicted molar refractivity (Wildman–Crippen MR) is 150 cm³/mol. The molecule has 0 saturated heterocycles. The molecule has 1 unspecified atom stereocenters. The second-order valence-corrected chi connectivity index (χ2v) is 9.32. The zero-order chi connectivity index (χ0) is 29.8. The summed E-state index contributed by atoms with van der Waals surface area (Å²) in [5.41, 5.74) is 3.91. The molecule has 0 amide bonds. The third-order valence-corrected chi connectivity index (χ3v) is 7.35. The predicted octanol–water partition coefficient (Wildman–Crippen LogP) is 3.11. The number of allylic oxidation sites excluding steroid dienone is 1. The fraction of sp³-hybridized carbons (Fsp3) is 0.323. The van der Waals surface area contributed by atoms with Crippen LogP contribution in [0.2, 0.25) is 0 Å². The summed E-state index contributed by atoms with van der Waals surface area (Å²) in [6.07, 6.45) is 1.68. The number of fused-ring (bicyclic) bond motifs is 1. The van der Waals surface area contributed by atoms with Crippen molar-refractivity contribution in [3.8, 4) is 28.7 Å². The van der Waals surface area contributed by atoms with Crippen LogP contribution in [0.5, 0.6) is 28.7 Å². The molecule has 4 rings (SSSR count). The van der Waals surface area contributed by atoms with Crippen LogP contribution >= 0.6 is 0 Å². The second-order valence-electron chi connectivity index (χ2n) is 9.32. The van der Waals surface area contributed by atoms with Gasteiger partial charge in [-0.05, 0) is 41.5 Å². The molecule has 3 aromatic carbocycles. The van der Waals surface area contributed by atoms with E-state index in [0.717, 1.165) is 0 Å². The molecule has 218 valence electrons. The first-order chi connectivity index (χ1) is 19.8. The third kappa shape index (κ3) is 5.11. The van der Waals surface area contributed by atoms with E-state index in [0.29, 0.717) is 73.1 Å². The standard InChI is InChI=1S/C31H34O10/c1-37-24-11-25(38-2)19(13-33)6-16(24)8-21-27(17-7-20(14-34)30(40-4)26(10-17)39-3)28-22(29(21)36)9-18(12-32)23(15-35)31(28)41-5/h6-11,27,32-35H,12-15H2,1-5H3/b21-8-. The SMILES string of the molecule is COc1cc(OC)c(CO)cc1/C=C1\C(=O)c2cc(CO)c(CO)c(OC)c2C1c1cc(CO)c(OC)c(OC)c1. The zero-order valence-corrected chi connectivity index (χ0v) is 23.6. The van der Waals surface area contributed by atoms with Crippen LogP contribution in [0.25, 0.3) is 6.08 Å². The molecule has 0 fully saturated rings. The molecule has 10 nitrogen and oxygen atoms in total. The molecule has 41 heavy (non-hydrogen) atoms. The van der Waals surface area contributed by atoms with Crippen LogP contribution < -0.4 is 23.7 Å². The molecule has 0 spiro atoms. The number of aliphatic hydroxyl groups is 4. The molecule has 1 aliphatic carbocycles. The Kier molecular flexibility index (Phi) is 9.19. The van der Waals surface area contributed by atoms with Crippen molar-refractivity contribution in [2.24, 2.45) is 0 Å². The van der Waals surface area contributed by atoms with Gasteiger partial charge >= 0.3 is 0 Å². The Morgan fingerprint density at radius 3 is 1.83 bits per heavy atom. The van der Waals surface area contributed by atoms with Gasteiger partial charge in [0.1, 0.15) is 17.2 Å². The van der Waals surface area contributed by atoms with E-state index < -0.39 is 19.1 Å². The molecule has 0 saturated carbocycles. The molecule has 0 aliphatic heterocycles. The molecular weight excluding hydrogens is 532 g/mol. The van der Waals surface area contributed by atoms with Crippen LogP contribution in [-0.2, 0) is 26.4 Å². The summed E-state index contributed by atoms with van der Waals surface area (Å²) < 4.78 is 27.8. The van der Waals surface area contributed by atoms with Gasteiger partial charge in [-0.25, -0.2) is 0 Å². The summed E-state index contributed by atoms with van der Waals surface area (Å²) in [7, 11) is 7.36. The van der Waals surface area contributed by atoms with E-state index >= 15 is 0 Å². The van der Waals surface area contributed by atoms with Crippen LogP contribution in [-0.4, -0.2) is 61.8 Å². The molecular formula is C31H34O10. The number of carbonyl (C=O) groups is 1. The highest BCUT2D eigenvalue weighted by atomic mass is 16.5. The lowest BCUT2D eigenvalue weighted by atomic mass is 9.85. The maximum absolute atomic E-state index is 14.1. The Morgan fingerprint density at radius 2 is 1.29 bits per heavy atom. The first-order valence-corrected chi connectivity index (χ1v) is 12.8. The molecule has 1 aliphatic rings. The molecule has 4 N–H and O–H groups in total. The highest BCUT2D eigenvalue weighted by Crippen LogP contribution is 2.51. The maximum atomic E-state index is 14.1. The quantitative estimate of drug-likeness (QED) is 0.256. The van der Waals surface area contributed by atoms with E-state index in [1.165, 1.54) is 35.5 Å². The van der Waals surface area contributed by atoms with Crippen molar-refractivity contribution in [1.82, 2.24) is 0 Å². The van der Waals surface area contributed by atoms with Crippen LogP contribution in [0.4, 0.5) is 0 Å². The molecule has 10 heteroatoms. The van der Waals surface area contributed by atoms with Gasteiger partial charge in [-0.3, -0.25) is 4.79 Å². The second kappa shape index (κ2) is 12.6. The Labute approximate surface area is 238 Å². The smallest absolute Gasteiger partial charge is 0.190 e. The van der Waals surface area contributed by atoms with Crippen LogP contribution in [0, 0.1) is 0 Å². The summed E-state index contributed by atoms with van der Waals surface area (Å²) in [5.74, 6) is 0.763. The Hall–Kier alpha value is -4.09. The van der Waals surface area contributed by atoms with Gasteiger partial charge in [-0.2, -0.15) is 0 Å². The molecule has 0 aromatic heterocycles. The molecule has 1 atom stereocenters. The van der Waals surface area contributed by atoms with Gasteiger partial charge in [0.05, 0.1) is 62.0 Å². The van der Waals surface area contributed by atoms with Gasteiger partial charge in [-0.1, -0.05) is 0 Å². The molecule has 0 bridgehead atoms. The minimum Gasteiger partial charge on any atom is -0.496 e. The van der Waals surface area contributed by atoms with E-state index in [2.05, 4.69) is 0 Å². The number of benzene rings is 3. The average molecular weight is 567 g/mol. The Morgan fingerprint density at radius 1 is 0.659 bits per heavy atom. The summed E-state index contributed by atoms with van der Waals surface area (Å²) in [6, 6.07) is 8.33. The highest BCUT2D eigenvalue weighted by molar-refractivity contribution is 6.18. The topological polar surface area (TPSA) is 144 Å². The molecule has 0 heterocycles. The van der Waals surface area contributed by atoms with Crippen molar-refractivity contribution in [3.05, 3.63) is 80.4 Å². The van der Waals surface area contributed by atoms with Gasteiger partial charge in [0.2, 0.25) is 0 Å². The van der Waals surface area contributed by atoms with Gasteiger partial charge in [0.25, 0.3) is 0 Å². The number of methoxy groups -OCH3 is 5. The van der Waals surface area contributed by atoms with Gasteiger partial charge in [0, 0.05) is 50.9 Å². The third-order valence-electron chi connectivity index (χ3n) is 7.35. The number of ketones is 1. The van der Waals surface area contributed by atoms with Crippen LogP contribution in [0.1, 0.15) is 55.2 Å². The van der Waals surface area contributed by atoms with Gasteiger partial charge in [0.15, 0.2) is 17.3 Å². The number of hydrogen-bond acceptors (Lipinski definition) is 10. The largest absolute Gasteiger partial charge is 0.496 e. The minimum atomic E-state index is -0.736. The lowest BCUT2D eigenvalue weighted by Gasteiger charge is -2.22. The van der Waals surface area contributed by atoms with Crippen molar-refractivity contribution >= 4 is 11.9 Å². The first-order valence-electron chi connectivity index (χ1n) is 12.8. The fourth-order valence-electron chi connectivity index (χ4n) is 5.48. The summed E-state index contributed by atoms with van der Waals surface area (Å²) >= 11 is 0. The van der Waals surface area contributed by atoms with Gasteiger partial charge < -0.3 is 44.1 Å². The molecule has 3 aromatic rings. The number of hydrogen-bond donors (Lipinski definition) is 4. The Bertz CT molecular complexity index is 1470. The number of rotatable bonds is 11. The summed E-state index contributed by atoms with van der Waals surface area (Å²) in [4.78, 5) is 14.1. The van der Waals surface area contributed by atoms with Crippen molar-refractivity contribution in [2.45, 2.75) is 32.3 Å². The lowest BCUT2D eigenvalue weighted by molar-refractivity contribution is 0.103. The number of carbonyl (C=O) groups excluding carboxylic acids is 1. The lowest BCUT2D eigenvalue weighted by Crippen LogP contribution is -2.08. The number of Topliss-reactive ketones (excluding diaryl/α,β-unsaturated/α-hetero) is 1. The summed E-state index contributed by atoms with van der Waals surface area (Å²) in [5, 5.41) is 40.4. The number of aliphatic hydroxyl groups excluding tert-OH is 4. The normalized spacial score (nSPS) is 15.2. The average Bonchev–Trinajstić information content (AvgIpc) is 3.28. The van der Waals surface area contributed by atoms with E-state index in [1.807, 2.05) is 0 Å². The highest BCUT2D eigenvalue weighted by Gasteiger charge is 2.41. The van der Waals surface area contributed by atoms with Crippen LogP contribution in [0.3, 0.4) is 0 Å².